The van der Waals surface area contributed by atoms with Crippen LogP contribution in [0.4, 0.5) is 0 Å². The minimum Gasteiger partial charge on any atom is -0.413 e. The van der Waals surface area contributed by atoms with Gasteiger partial charge in [0.1, 0.15) is 6.29 Å². The third kappa shape index (κ3) is 3.26. The first kappa shape index (κ1) is 16.4. The minimum atomic E-state index is -1.89. The van der Waals surface area contributed by atoms with Crippen molar-refractivity contribution >= 4 is 20.5 Å². The molecule has 1 amide bonds. The van der Waals surface area contributed by atoms with E-state index in [1.54, 1.807) is 0 Å². The smallest absolute Gasteiger partial charge is 0.228 e. The average Bonchev–Trinajstić information content (AvgIpc) is 2.22. The molecular formula is C14H27NO3Si. The fourth-order valence-corrected chi connectivity index (χ4v) is 3.61. The maximum atomic E-state index is 11.7. The summed E-state index contributed by atoms with van der Waals surface area (Å²) in [5.41, 5.74) is 0. The van der Waals surface area contributed by atoms with Crippen molar-refractivity contribution < 1.29 is 14.0 Å². The van der Waals surface area contributed by atoms with E-state index in [1.807, 2.05) is 13.8 Å². The SMILES string of the molecule is CC(C=O)[C@H]1NC(=O)C1[C@@H](C)O[Si](C)(C)C(C)(C)C. The highest BCUT2D eigenvalue weighted by atomic mass is 28.4. The maximum Gasteiger partial charge on any atom is 0.228 e. The van der Waals surface area contributed by atoms with Gasteiger partial charge in [-0.2, -0.15) is 0 Å². The van der Waals surface area contributed by atoms with Gasteiger partial charge in [-0.05, 0) is 25.1 Å². The quantitative estimate of drug-likeness (QED) is 0.479. The molecule has 1 N–H and O–H groups in total. The van der Waals surface area contributed by atoms with Gasteiger partial charge in [-0.15, -0.1) is 0 Å². The van der Waals surface area contributed by atoms with Crippen LogP contribution in [0.3, 0.4) is 0 Å². The van der Waals surface area contributed by atoms with Gasteiger partial charge in [-0.3, -0.25) is 4.79 Å². The van der Waals surface area contributed by atoms with Gasteiger partial charge in [0, 0.05) is 5.92 Å². The zero-order chi connectivity index (χ0) is 15.0. The molecular weight excluding hydrogens is 258 g/mol. The Morgan fingerprint density at radius 3 is 2.21 bits per heavy atom. The van der Waals surface area contributed by atoms with E-state index in [0.717, 1.165) is 6.29 Å². The Morgan fingerprint density at radius 2 is 1.84 bits per heavy atom. The molecule has 5 heteroatoms. The molecule has 1 rings (SSSR count). The van der Waals surface area contributed by atoms with Crippen LogP contribution in [-0.2, 0) is 14.0 Å². The molecule has 4 atom stereocenters. The number of carbonyl (C=O) groups excluding carboxylic acids is 2. The highest BCUT2D eigenvalue weighted by Crippen LogP contribution is 2.39. The van der Waals surface area contributed by atoms with Crippen LogP contribution in [0.15, 0.2) is 0 Å². The third-order valence-corrected chi connectivity index (χ3v) is 9.15. The number of aldehydes is 1. The van der Waals surface area contributed by atoms with Crippen molar-refractivity contribution in [2.75, 3.05) is 0 Å². The predicted molar refractivity (Wildman–Crippen MR) is 78.4 cm³/mol. The Hall–Kier alpha value is -0.683. The van der Waals surface area contributed by atoms with E-state index in [-0.39, 0.29) is 34.9 Å². The average molecular weight is 285 g/mol. The third-order valence-electron chi connectivity index (χ3n) is 4.57. The molecule has 0 saturated carbocycles. The molecule has 0 aliphatic carbocycles. The van der Waals surface area contributed by atoms with Crippen molar-refractivity contribution in [1.29, 1.82) is 0 Å². The summed E-state index contributed by atoms with van der Waals surface area (Å²) in [6.07, 6.45) is 0.762. The molecule has 1 aliphatic rings. The summed E-state index contributed by atoms with van der Waals surface area (Å²) >= 11 is 0. The number of hydrogen-bond donors (Lipinski definition) is 1. The zero-order valence-corrected chi connectivity index (χ0v) is 14.1. The van der Waals surface area contributed by atoms with Crippen LogP contribution < -0.4 is 5.32 Å². The molecule has 4 nitrogen and oxygen atoms in total. The van der Waals surface area contributed by atoms with Crippen molar-refractivity contribution in [3.63, 3.8) is 0 Å². The van der Waals surface area contributed by atoms with Crippen molar-refractivity contribution in [2.24, 2.45) is 11.8 Å². The lowest BCUT2D eigenvalue weighted by atomic mass is 9.79. The number of carbonyl (C=O) groups is 2. The van der Waals surface area contributed by atoms with Crippen LogP contribution >= 0.6 is 0 Å². The number of amides is 1. The Balaban J connectivity index is 2.75. The summed E-state index contributed by atoms with van der Waals surface area (Å²) in [6.45, 7) is 14.7. The van der Waals surface area contributed by atoms with Gasteiger partial charge < -0.3 is 14.5 Å². The number of β-lactam (4-membered cyclic amide) rings is 1. The minimum absolute atomic E-state index is 0.00455. The van der Waals surface area contributed by atoms with Gasteiger partial charge in [0.2, 0.25) is 5.91 Å². The second-order valence-electron chi connectivity index (χ2n) is 7.14. The number of nitrogens with one attached hydrogen (secondary N) is 1. The summed E-state index contributed by atoms with van der Waals surface area (Å²) in [6, 6.07) is -0.0789. The first-order chi connectivity index (χ1) is 8.51. The molecule has 0 spiro atoms. The summed E-state index contributed by atoms with van der Waals surface area (Å²) < 4.78 is 6.26. The van der Waals surface area contributed by atoms with Gasteiger partial charge in [-0.1, -0.05) is 27.7 Å². The largest absolute Gasteiger partial charge is 0.413 e. The molecule has 110 valence electrons. The maximum absolute atomic E-state index is 11.7. The molecule has 1 heterocycles. The molecule has 0 aromatic heterocycles. The Bertz CT molecular complexity index is 362. The topological polar surface area (TPSA) is 55.4 Å². The zero-order valence-electron chi connectivity index (χ0n) is 13.1. The van der Waals surface area contributed by atoms with Crippen LogP contribution in [0.1, 0.15) is 34.6 Å². The van der Waals surface area contributed by atoms with E-state index in [0.29, 0.717) is 0 Å². The predicted octanol–water partition coefficient (Wildman–Crippen LogP) is 2.35. The van der Waals surface area contributed by atoms with Gasteiger partial charge in [0.05, 0.1) is 18.1 Å². The molecule has 0 aromatic rings. The normalized spacial score (nSPS) is 27.2. The van der Waals surface area contributed by atoms with Crippen LogP contribution in [-0.4, -0.2) is 32.7 Å². The van der Waals surface area contributed by atoms with Gasteiger partial charge in [-0.25, -0.2) is 0 Å². The first-order valence-electron chi connectivity index (χ1n) is 6.95. The van der Waals surface area contributed by atoms with Gasteiger partial charge >= 0.3 is 0 Å². The molecule has 1 fully saturated rings. The van der Waals surface area contributed by atoms with Crippen molar-refractivity contribution in [3.8, 4) is 0 Å². The van der Waals surface area contributed by atoms with E-state index in [1.165, 1.54) is 0 Å². The van der Waals surface area contributed by atoms with Crippen LogP contribution in [0, 0.1) is 11.8 Å². The molecule has 0 bridgehead atoms. The van der Waals surface area contributed by atoms with E-state index in [2.05, 4.69) is 39.2 Å². The monoisotopic (exact) mass is 285 g/mol. The first-order valence-corrected chi connectivity index (χ1v) is 9.85. The summed E-state index contributed by atoms with van der Waals surface area (Å²) in [7, 11) is -1.89. The second-order valence-corrected chi connectivity index (χ2v) is 11.9. The Kier molecular flexibility index (Phi) is 4.62. The molecule has 0 radical (unpaired) electrons. The van der Waals surface area contributed by atoms with Gasteiger partial charge in [0.25, 0.3) is 0 Å². The standard InChI is InChI=1S/C14H27NO3Si/c1-9(8-16)12-11(13(17)15-12)10(2)18-19(6,7)14(3,4)5/h8-12H,1-7H3,(H,15,17)/t9?,10-,11?,12-/m1/s1. The van der Waals surface area contributed by atoms with E-state index in [9.17, 15) is 9.59 Å². The van der Waals surface area contributed by atoms with Crippen LogP contribution in [0.25, 0.3) is 0 Å². The van der Waals surface area contributed by atoms with Crippen molar-refractivity contribution in [1.82, 2.24) is 5.32 Å². The highest BCUT2D eigenvalue weighted by molar-refractivity contribution is 6.74. The fourth-order valence-electron chi connectivity index (χ4n) is 2.18. The lowest BCUT2D eigenvalue weighted by Crippen LogP contribution is -2.66. The molecule has 0 aromatic carbocycles. The summed E-state index contributed by atoms with van der Waals surface area (Å²) in [5.74, 6) is -0.354. The molecule has 19 heavy (non-hydrogen) atoms. The van der Waals surface area contributed by atoms with Crippen molar-refractivity contribution in [2.45, 2.75) is 64.9 Å². The van der Waals surface area contributed by atoms with E-state index in [4.69, 9.17) is 4.43 Å². The fraction of sp³-hybridized carbons (Fsp3) is 0.857. The Morgan fingerprint density at radius 1 is 1.32 bits per heavy atom. The van der Waals surface area contributed by atoms with E-state index >= 15 is 0 Å². The van der Waals surface area contributed by atoms with Crippen LogP contribution in [0.2, 0.25) is 18.1 Å². The van der Waals surface area contributed by atoms with Crippen LogP contribution in [0.5, 0.6) is 0 Å². The van der Waals surface area contributed by atoms with Crippen molar-refractivity contribution in [3.05, 3.63) is 0 Å². The number of hydrogen-bond acceptors (Lipinski definition) is 3. The summed E-state index contributed by atoms with van der Waals surface area (Å²) in [4.78, 5) is 22.6. The summed E-state index contributed by atoms with van der Waals surface area (Å²) in [5, 5.41) is 2.93. The van der Waals surface area contributed by atoms with Gasteiger partial charge in [0.15, 0.2) is 8.32 Å². The van der Waals surface area contributed by atoms with E-state index < -0.39 is 8.32 Å². The highest BCUT2D eigenvalue weighted by Gasteiger charge is 2.48. The number of rotatable bonds is 5. The lowest BCUT2D eigenvalue weighted by molar-refractivity contribution is -0.142. The molecule has 1 saturated heterocycles. The molecule has 2 unspecified atom stereocenters. The molecule has 1 aliphatic heterocycles. The lowest BCUT2D eigenvalue weighted by Gasteiger charge is -2.46. The Labute approximate surface area is 117 Å². The second kappa shape index (κ2) is 5.36.